The molecule has 0 aliphatic heterocycles. The summed E-state index contributed by atoms with van der Waals surface area (Å²) in [6.45, 7) is 2.06. The Morgan fingerprint density at radius 1 is 1.30 bits per heavy atom. The van der Waals surface area contributed by atoms with Gasteiger partial charge in [-0.25, -0.2) is 0 Å². The molecule has 0 N–H and O–H groups in total. The number of hydrogen-bond donors (Lipinski definition) is 0. The maximum atomic E-state index is 2.15. The first-order valence-electron chi connectivity index (χ1n) is 3.37. The first-order chi connectivity index (χ1) is 4.93. The van der Waals surface area contributed by atoms with Crippen molar-refractivity contribution in [2.24, 2.45) is 0 Å². The first-order valence-corrected chi connectivity index (χ1v) is 4.41. The van der Waals surface area contributed by atoms with Gasteiger partial charge in [0.2, 0.25) is 0 Å². The van der Waals surface area contributed by atoms with Gasteiger partial charge in [-0.2, -0.15) is 11.8 Å². The molecule has 0 amide bonds. The first kappa shape index (κ1) is 7.67. The molecule has 0 aromatic heterocycles. The Bertz CT molecular complexity index is 169. The van der Waals surface area contributed by atoms with Gasteiger partial charge in [-0.15, -0.1) is 0 Å². The highest BCUT2D eigenvalue weighted by Gasteiger charge is 1.87. The lowest BCUT2D eigenvalue weighted by Gasteiger charge is -1.96. The molecule has 1 heteroatoms. The molecule has 0 aliphatic carbocycles. The van der Waals surface area contributed by atoms with Crippen LogP contribution >= 0.6 is 11.8 Å². The molecular weight excluding hydrogens is 140 g/mol. The summed E-state index contributed by atoms with van der Waals surface area (Å²) < 4.78 is 0. The Morgan fingerprint density at radius 2 is 2.00 bits per heavy atom. The van der Waals surface area contributed by atoms with Crippen molar-refractivity contribution in [1.82, 2.24) is 0 Å². The third-order valence-corrected chi connectivity index (χ3v) is 2.09. The molecule has 10 heavy (non-hydrogen) atoms. The minimum atomic E-state index is 1.09. The average Bonchev–Trinajstić information content (AvgIpc) is 2.03. The van der Waals surface area contributed by atoms with Crippen molar-refractivity contribution < 1.29 is 0 Å². The van der Waals surface area contributed by atoms with Gasteiger partial charge >= 0.3 is 0 Å². The molecule has 0 nitrogen and oxygen atoms in total. The fraction of sp³-hybridized carbons (Fsp3) is 0.222. The maximum absolute atomic E-state index is 2.15. The van der Waals surface area contributed by atoms with Crippen LogP contribution in [0.15, 0.2) is 30.3 Å². The van der Waals surface area contributed by atoms with Crippen molar-refractivity contribution in [3.05, 3.63) is 41.6 Å². The second kappa shape index (κ2) is 4.40. The number of thioether (sulfide) groups is 1. The second-order valence-corrected chi connectivity index (χ2v) is 3.13. The third-order valence-electron chi connectivity index (χ3n) is 1.26. The van der Waals surface area contributed by atoms with Gasteiger partial charge in [0, 0.05) is 11.5 Å². The van der Waals surface area contributed by atoms with Crippen molar-refractivity contribution >= 4 is 11.8 Å². The predicted molar refractivity (Wildman–Crippen MR) is 47.7 cm³/mol. The highest BCUT2D eigenvalue weighted by Crippen LogP contribution is 2.12. The van der Waals surface area contributed by atoms with E-state index in [2.05, 4.69) is 36.9 Å². The van der Waals surface area contributed by atoms with Crippen LogP contribution in [0.2, 0.25) is 0 Å². The summed E-state index contributed by atoms with van der Waals surface area (Å²) in [4.78, 5) is 0. The highest BCUT2D eigenvalue weighted by molar-refractivity contribution is 8.00. The van der Waals surface area contributed by atoms with Gasteiger partial charge < -0.3 is 0 Å². The molecule has 1 radical (unpaired) electrons. The maximum Gasteiger partial charge on any atom is 0.0187 e. The molecule has 1 rings (SSSR count). The molecule has 0 heterocycles. The highest BCUT2D eigenvalue weighted by atomic mass is 32.2. The Morgan fingerprint density at radius 3 is 2.60 bits per heavy atom. The molecule has 1 aromatic carbocycles. The minimum absolute atomic E-state index is 1.09. The number of benzene rings is 1. The Balaban J connectivity index is 2.43. The van der Waals surface area contributed by atoms with Crippen LogP contribution in [0.1, 0.15) is 12.5 Å². The van der Waals surface area contributed by atoms with E-state index in [1.54, 1.807) is 0 Å². The Hall–Kier alpha value is -0.430. The fourth-order valence-corrected chi connectivity index (χ4v) is 1.31. The standard InChI is InChI=1S/C9H11S/c1-2-10-8-9-6-4-3-5-7-9/h2-7H,8H2,1H3. The van der Waals surface area contributed by atoms with Crippen LogP contribution in [-0.4, -0.2) is 0 Å². The van der Waals surface area contributed by atoms with E-state index in [0.29, 0.717) is 0 Å². The normalized spacial score (nSPS) is 9.70. The lowest BCUT2D eigenvalue weighted by atomic mass is 10.2. The SMILES string of the molecule is C[CH]SCc1ccccc1. The Kier molecular flexibility index (Phi) is 3.37. The lowest BCUT2D eigenvalue weighted by Crippen LogP contribution is -1.75. The van der Waals surface area contributed by atoms with Gasteiger partial charge in [-0.3, -0.25) is 0 Å². The van der Waals surface area contributed by atoms with Crippen molar-refractivity contribution in [2.75, 3.05) is 0 Å². The van der Waals surface area contributed by atoms with Gasteiger partial charge in [0.05, 0.1) is 0 Å². The topological polar surface area (TPSA) is 0 Å². The van der Waals surface area contributed by atoms with Crippen LogP contribution in [0.5, 0.6) is 0 Å². The largest absolute Gasteiger partial charge is 0.153 e. The van der Waals surface area contributed by atoms with Crippen molar-refractivity contribution in [3.63, 3.8) is 0 Å². The molecular formula is C9H11S. The third kappa shape index (κ3) is 2.44. The summed E-state index contributed by atoms with van der Waals surface area (Å²) in [5.41, 5.74) is 1.39. The van der Waals surface area contributed by atoms with Crippen molar-refractivity contribution in [3.8, 4) is 0 Å². The van der Waals surface area contributed by atoms with Gasteiger partial charge in [-0.1, -0.05) is 37.3 Å². The zero-order valence-electron chi connectivity index (χ0n) is 6.08. The zero-order chi connectivity index (χ0) is 7.23. The van der Waals surface area contributed by atoms with Crippen LogP contribution in [0.25, 0.3) is 0 Å². The van der Waals surface area contributed by atoms with Crippen LogP contribution in [0.3, 0.4) is 0 Å². The summed E-state index contributed by atoms with van der Waals surface area (Å²) in [6.07, 6.45) is 0. The smallest absolute Gasteiger partial charge is 0.0187 e. The van der Waals surface area contributed by atoms with Crippen LogP contribution in [-0.2, 0) is 5.75 Å². The Labute approximate surface area is 66.6 Å². The summed E-state index contributed by atoms with van der Waals surface area (Å²) >= 11 is 1.84. The van der Waals surface area contributed by atoms with Crippen molar-refractivity contribution in [2.45, 2.75) is 12.7 Å². The van der Waals surface area contributed by atoms with Crippen LogP contribution < -0.4 is 0 Å². The van der Waals surface area contributed by atoms with Crippen molar-refractivity contribution in [1.29, 1.82) is 0 Å². The molecule has 1 aromatic rings. The van der Waals surface area contributed by atoms with E-state index in [4.69, 9.17) is 0 Å². The molecule has 0 fully saturated rings. The van der Waals surface area contributed by atoms with Gasteiger partial charge in [-0.05, 0) is 5.56 Å². The van der Waals surface area contributed by atoms with E-state index in [1.165, 1.54) is 5.56 Å². The lowest BCUT2D eigenvalue weighted by molar-refractivity contribution is 1.42. The van der Waals surface area contributed by atoms with E-state index in [9.17, 15) is 0 Å². The molecule has 53 valence electrons. The van der Waals surface area contributed by atoms with Gasteiger partial charge in [0.15, 0.2) is 0 Å². The molecule has 0 aliphatic rings. The predicted octanol–water partition coefficient (Wildman–Crippen LogP) is 3.10. The monoisotopic (exact) mass is 151 g/mol. The minimum Gasteiger partial charge on any atom is -0.153 e. The summed E-state index contributed by atoms with van der Waals surface area (Å²) in [5.74, 6) is 3.21. The molecule has 0 bridgehead atoms. The van der Waals surface area contributed by atoms with Crippen LogP contribution in [0, 0.1) is 5.75 Å². The van der Waals surface area contributed by atoms with Gasteiger partial charge in [0.25, 0.3) is 0 Å². The quantitative estimate of drug-likeness (QED) is 0.639. The molecule has 0 saturated heterocycles. The summed E-state index contributed by atoms with van der Waals surface area (Å²) in [7, 11) is 0. The fourth-order valence-electron chi connectivity index (χ4n) is 0.754. The van der Waals surface area contributed by atoms with Crippen LogP contribution in [0.4, 0.5) is 0 Å². The zero-order valence-corrected chi connectivity index (χ0v) is 6.90. The van der Waals surface area contributed by atoms with E-state index < -0.39 is 0 Å². The molecule has 0 saturated carbocycles. The van der Waals surface area contributed by atoms with E-state index in [-0.39, 0.29) is 0 Å². The number of rotatable bonds is 3. The molecule has 0 unspecified atom stereocenters. The van der Waals surface area contributed by atoms with E-state index >= 15 is 0 Å². The number of hydrogen-bond acceptors (Lipinski definition) is 1. The van der Waals surface area contributed by atoms with E-state index in [1.807, 2.05) is 17.8 Å². The average molecular weight is 151 g/mol. The van der Waals surface area contributed by atoms with E-state index in [0.717, 1.165) is 5.75 Å². The molecule has 0 atom stereocenters. The van der Waals surface area contributed by atoms with Gasteiger partial charge in [0.1, 0.15) is 0 Å². The summed E-state index contributed by atoms with van der Waals surface area (Å²) in [5, 5.41) is 0. The molecule has 0 spiro atoms. The summed E-state index contributed by atoms with van der Waals surface area (Å²) in [6, 6.07) is 10.5. The second-order valence-electron chi connectivity index (χ2n) is 2.03.